The first-order valence-corrected chi connectivity index (χ1v) is 6.64. The molecule has 1 fully saturated rings. The molecule has 1 rings (SSSR count). The van der Waals surface area contributed by atoms with Crippen LogP contribution in [0.2, 0.25) is 0 Å². The van der Waals surface area contributed by atoms with Crippen LogP contribution in [0.4, 0.5) is 0 Å². The third kappa shape index (κ3) is 3.49. The Balaban J connectivity index is 2.27. The molecule has 0 aromatic heterocycles. The summed E-state index contributed by atoms with van der Waals surface area (Å²) < 4.78 is 0. The van der Waals surface area contributed by atoms with Gasteiger partial charge < -0.3 is 10.6 Å². The van der Waals surface area contributed by atoms with E-state index in [0.717, 1.165) is 5.92 Å². The van der Waals surface area contributed by atoms with Crippen molar-refractivity contribution in [1.29, 1.82) is 0 Å². The summed E-state index contributed by atoms with van der Waals surface area (Å²) in [6, 6.07) is 0.454. The molecule has 1 heterocycles. The highest BCUT2D eigenvalue weighted by Gasteiger charge is 2.24. The van der Waals surface area contributed by atoms with Gasteiger partial charge in [-0.25, -0.2) is 0 Å². The van der Waals surface area contributed by atoms with Gasteiger partial charge in [0, 0.05) is 24.9 Å². The van der Waals surface area contributed by atoms with Crippen molar-refractivity contribution in [2.45, 2.75) is 25.8 Å². The molecule has 0 aromatic carbocycles. The van der Waals surface area contributed by atoms with Gasteiger partial charge in [-0.1, -0.05) is 13.3 Å². The van der Waals surface area contributed by atoms with Gasteiger partial charge in [-0.05, 0) is 25.1 Å². The fraction of sp³-hybridized carbons (Fsp3) is 1.00. The Morgan fingerprint density at radius 3 is 2.92 bits per heavy atom. The summed E-state index contributed by atoms with van der Waals surface area (Å²) in [7, 11) is 0. The van der Waals surface area contributed by atoms with Gasteiger partial charge in [0.05, 0.1) is 0 Å². The Hall–Kier alpha value is 0.270. The standard InChI is InChI=1S/C10H22N2S/c1-3-9-8-12(6-7-13-2)5-4-10(9)11/h9-10H,3-8,11H2,1-2H3. The molecular formula is C10H22N2S. The summed E-state index contributed by atoms with van der Waals surface area (Å²) in [6.45, 7) is 5.92. The van der Waals surface area contributed by atoms with Gasteiger partial charge in [-0.2, -0.15) is 11.8 Å². The van der Waals surface area contributed by atoms with Crippen LogP contribution in [-0.4, -0.2) is 42.6 Å². The quantitative estimate of drug-likeness (QED) is 0.747. The van der Waals surface area contributed by atoms with E-state index in [2.05, 4.69) is 18.1 Å². The summed E-state index contributed by atoms with van der Waals surface area (Å²) >= 11 is 1.93. The van der Waals surface area contributed by atoms with E-state index in [-0.39, 0.29) is 0 Å². The maximum Gasteiger partial charge on any atom is 0.00914 e. The van der Waals surface area contributed by atoms with Gasteiger partial charge in [0.15, 0.2) is 0 Å². The smallest absolute Gasteiger partial charge is 0.00914 e. The normalized spacial score (nSPS) is 30.7. The number of nitrogens with two attached hydrogens (primary N) is 1. The van der Waals surface area contributed by atoms with Crippen LogP contribution in [0.1, 0.15) is 19.8 Å². The molecule has 2 N–H and O–H groups in total. The molecular weight excluding hydrogens is 180 g/mol. The summed E-state index contributed by atoms with van der Waals surface area (Å²) in [5.41, 5.74) is 6.05. The summed E-state index contributed by atoms with van der Waals surface area (Å²) in [5.74, 6) is 1.99. The highest BCUT2D eigenvalue weighted by Crippen LogP contribution is 2.18. The molecule has 3 heteroatoms. The number of piperidine rings is 1. The molecule has 1 aliphatic heterocycles. The minimum Gasteiger partial charge on any atom is -0.327 e. The average molecular weight is 202 g/mol. The third-order valence-electron chi connectivity index (χ3n) is 3.01. The van der Waals surface area contributed by atoms with E-state index in [1.54, 1.807) is 0 Å². The van der Waals surface area contributed by atoms with Crippen LogP contribution in [0.15, 0.2) is 0 Å². The number of hydrogen-bond acceptors (Lipinski definition) is 3. The van der Waals surface area contributed by atoms with E-state index < -0.39 is 0 Å². The van der Waals surface area contributed by atoms with Crippen molar-refractivity contribution in [2.75, 3.05) is 31.6 Å². The summed E-state index contributed by atoms with van der Waals surface area (Å²) in [6.07, 6.45) is 4.59. The van der Waals surface area contributed by atoms with Gasteiger partial charge in [-0.15, -0.1) is 0 Å². The van der Waals surface area contributed by atoms with Crippen LogP contribution >= 0.6 is 11.8 Å². The lowest BCUT2D eigenvalue weighted by Gasteiger charge is -2.36. The first kappa shape index (κ1) is 11.3. The fourth-order valence-corrected chi connectivity index (χ4v) is 2.42. The molecule has 2 atom stereocenters. The number of nitrogens with zero attached hydrogens (tertiary/aromatic N) is 1. The van der Waals surface area contributed by atoms with Crippen LogP contribution in [0.25, 0.3) is 0 Å². The Morgan fingerprint density at radius 1 is 1.54 bits per heavy atom. The molecule has 0 amide bonds. The third-order valence-corrected chi connectivity index (χ3v) is 3.60. The van der Waals surface area contributed by atoms with E-state index in [1.165, 1.54) is 38.2 Å². The van der Waals surface area contributed by atoms with E-state index in [4.69, 9.17) is 5.73 Å². The molecule has 0 saturated carbocycles. The second-order valence-electron chi connectivity index (χ2n) is 3.91. The van der Waals surface area contributed by atoms with Crippen molar-refractivity contribution in [3.05, 3.63) is 0 Å². The molecule has 78 valence electrons. The van der Waals surface area contributed by atoms with Gasteiger partial charge in [0.2, 0.25) is 0 Å². The Labute approximate surface area is 86.2 Å². The summed E-state index contributed by atoms with van der Waals surface area (Å²) in [4.78, 5) is 2.56. The van der Waals surface area contributed by atoms with Gasteiger partial charge in [0.1, 0.15) is 0 Å². The van der Waals surface area contributed by atoms with E-state index in [9.17, 15) is 0 Å². The van der Waals surface area contributed by atoms with Crippen LogP contribution in [0.3, 0.4) is 0 Å². The molecule has 0 aromatic rings. The lowest BCUT2D eigenvalue weighted by Crippen LogP contribution is -2.47. The fourth-order valence-electron chi connectivity index (χ4n) is 1.98. The second-order valence-corrected chi connectivity index (χ2v) is 4.90. The Kier molecular flexibility index (Phi) is 5.14. The second kappa shape index (κ2) is 5.89. The lowest BCUT2D eigenvalue weighted by molar-refractivity contribution is 0.160. The zero-order chi connectivity index (χ0) is 9.68. The molecule has 0 aliphatic carbocycles. The minimum absolute atomic E-state index is 0.454. The van der Waals surface area contributed by atoms with E-state index in [0.29, 0.717) is 6.04 Å². The largest absolute Gasteiger partial charge is 0.327 e. The Bertz CT molecular complexity index is 139. The predicted molar refractivity (Wildman–Crippen MR) is 61.2 cm³/mol. The van der Waals surface area contributed by atoms with E-state index in [1.807, 2.05) is 11.8 Å². The predicted octanol–water partition coefficient (Wildman–Crippen LogP) is 1.41. The van der Waals surface area contributed by atoms with Crippen LogP contribution in [0.5, 0.6) is 0 Å². The summed E-state index contributed by atoms with van der Waals surface area (Å²) in [5, 5.41) is 0. The van der Waals surface area contributed by atoms with Crippen molar-refractivity contribution in [1.82, 2.24) is 4.90 Å². The van der Waals surface area contributed by atoms with Crippen molar-refractivity contribution < 1.29 is 0 Å². The lowest BCUT2D eigenvalue weighted by atomic mass is 9.91. The van der Waals surface area contributed by atoms with Crippen LogP contribution in [0, 0.1) is 5.92 Å². The minimum atomic E-state index is 0.454. The molecule has 0 bridgehead atoms. The van der Waals surface area contributed by atoms with Gasteiger partial charge in [0.25, 0.3) is 0 Å². The molecule has 0 spiro atoms. The molecule has 1 saturated heterocycles. The molecule has 0 radical (unpaired) electrons. The SMILES string of the molecule is CCC1CN(CCSC)CCC1N. The first-order valence-electron chi connectivity index (χ1n) is 5.24. The van der Waals surface area contributed by atoms with Crippen molar-refractivity contribution >= 4 is 11.8 Å². The molecule has 2 unspecified atom stereocenters. The number of rotatable bonds is 4. The molecule has 2 nitrogen and oxygen atoms in total. The van der Waals surface area contributed by atoms with Crippen LogP contribution < -0.4 is 5.73 Å². The highest BCUT2D eigenvalue weighted by molar-refractivity contribution is 7.98. The number of likely N-dealkylation sites (tertiary alicyclic amines) is 1. The molecule has 1 aliphatic rings. The van der Waals surface area contributed by atoms with Gasteiger partial charge in [-0.3, -0.25) is 0 Å². The Morgan fingerprint density at radius 2 is 2.31 bits per heavy atom. The van der Waals surface area contributed by atoms with Crippen LogP contribution in [-0.2, 0) is 0 Å². The van der Waals surface area contributed by atoms with Gasteiger partial charge >= 0.3 is 0 Å². The zero-order valence-corrected chi connectivity index (χ0v) is 9.65. The molecule has 13 heavy (non-hydrogen) atoms. The van der Waals surface area contributed by atoms with Crippen molar-refractivity contribution in [3.63, 3.8) is 0 Å². The average Bonchev–Trinajstić information content (AvgIpc) is 2.16. The number of thioether (sulfide) groups is 1. The zero-order valence-electron chi connectivity index (χ0n) is 8.83. The first-order chi connectivity index (χ1) is 6.27. The maximum atomic E-state index is 6.05. The highest BCUT2D eigenvalue weighted by atomic mass is 32.2. The van der Waals surface area contributed by atoms with E-state index >= 15 is 0 Å². The van der Waals surface area contributed by atoms with Crippen molar-refractivity contribution in [2.24, 2.45) is 11.7 Å². The number of hydrogen-bond donors (Lipinski definition) is 1. The van der Waals surface area contributed by atoms with Crippen molar-refractivity contribution in [3.8, 4) is 0 Å². The maximum absolute atomic E-state index is 6.05. The topological polar surface area (TPSA) is 29.3 Å². The monoisotopic (exact) mass is 202 g/mol.